The van der Waals surface area contributed by atoms with Crippen molar-refractivity contribution in [3.8, 4) is 0 Å². The number of sulfonamides is 1. The lowest BCUT2D eigenvalue weighted by atomic mass is 10.1. The average molecular weight is 318 g/mol. The van der Waals surface area contributed by atoms with Crippen molar-refractivity contribution in [2.24, 2.45) is 5.14 Å². The molecule has 0 heterocycles. The number of ether oxygens (including phenoxy) is 1. The number of carbonyl (C=O) groups is 1. The van der Waals surface area contributed by atoms with E-state index in [0.717, 1.165) is 12.1 Å². The lowest BCUT2D eigenvalue weighted by molar-refractivity contribution is 0.0228. The van der Waals surface area contributed by atoms with E-state index < -0.39 is 32.2 Å². The van der Waals surface area contributed by atoms with Crippen LogP contribution in [0.2, 0.25) is 0 Å². The highest BCUT2D eigenvalue weighted by molar-refractivity contribution is 7.89. The highest BCUT2D eigenvalue weighted by atomic mass is 32.2. The quantitative estimate of drug-likeness (QED) is 0.844. The van der Waals surface area contributed by atoms with E-state index in [1.54, 1.807) is 13.8 Å². The topological polar surface area (TPSA) is 98.5 Å². The maximum atomic E-state index is 13.5. The molecular weight excluding hydrogens is 299 g/mol. The van der Waals surface area contributed by atoms with Gasteiger partial charge in [-0.15, -0.1) is 0 Å². The van der Waals surface area contributed by atoms with Crippen molar-refractivity contribution in [2.45, 2.75) is 31.3 Å². The van der Waals surface area contributed by atoms with E-state index in [4.69, 9.17) is 9.88 Å². The van der Waals surface area contributed by atoms with Gasteiger partial charge in [0.05, 0.1) is 10.5 Å². The first-order chi connectivity index (χ1) is 9.48. The van der Waals surface area contributed by atoms with Crippen LogP contribution in [0.3, 0.4) is 0 Å². The first-order valence-corrected chi connectivity index (χ1v) is 7.69. The average Bonchev–Trinajstić information content (AvgIpc) is 2.37. The Hall–Kier alpha value is -1.51. The molecule has 0 saturated carbocycles. The summed E-state index contributed by atoms with van der Waals surface area (Å²) in [5, 5.41) is 7.58. The number of hydrogen-bond acceptors (Lipinski definition) is 4. The number of primary sulfonamides is 1. The van der Waals surface area contributed by atoms with Gasteiger partial charge in [-0.05, 0) is 38.5 Å². The van der Waals surface area contributed by atoms with E-state index in [1.807, 2.05) is 0 Å². The van der Waals surface area contributed by atoms with Crippen molar-refractivity contribution >= 4 is 15.9 Å². The van der Waals surface area contributed by atoms with Crippen LogP contribution in [0.25, 0.3) is 0 Å². The van der Waals surface area contributed by atoms with Gasteiger partial charge in [0.25, 0.3) is 5.91 Å². The number of halogens is 1. The van der Waals surface area contributed by atoms with Gasteiger partial charge in [0, 0.05) is 19.2 Å². The van der Waals surface area contributed by atoms with Crippen molar-refractivity contribution in [1.29, 1.82) is 0 Å². The zero-order chi connectivity index (χ0) is 16.4. The molecule has 0 aliphatic rings. The second-order valence-electron chi connectivity index (χ2n) is 5.27. The Morgan fingerprint density at radius 3 is 2.48 bits per heavy atom. The normalized spacial score (nSPS) is 12.3. The first-order valence-electron chi connectivity index (χ1n) is 6.14. The molecule has 1 rings (SSSR count). The Bertz CT molecular complexity index is 656. The lowest BCUT2D eigenvalue weighted by Crippen LogP contribution is -2.40. The number of nitrogens with two attached hydrogens (primary N) is 1. The largest absolute Gasteiger partial charge is 0.377 e. The smallest absolute Gasteiger partial charge is 0.251 e. The van der Waals surface area contributed by atoms with Gasteiger partial charge < -0.3 is 10.1 Å². The number of rotatable bonds is 5. The first kappa shape index (κ1) is 17.5. The molecule has 1 amide bonds. The van der Waals surface area contributed by atoms with Gasteiger partial charge in [-0.25, -0.2) is 17.9 Å². The molecule has 0 spiro atoms. The molecule has 1 aromatic rings. The summed E-state index contributed by atoms with van der Waals surface area (Å²) in [5.74, 6) is -1.44. The van der Waals surface area contributed by atoms with Crippen LogP contribution in [0.15, 0.2) is 17.0 Å². The summed E-state index contributed by atoms with van der Waals surface area (Å²) >= 11 is 0. The predicted octanol–water partition coefficient (Wildman–Crippen LogP) is 0.936. The summed E-state index contributed by atoms with van der Waals surface area (Å²) < 4.78 is 41.5. The van der Waals surface area contributed by atoms with E-state index >= 15 is 0 Å². The maximum Gasteiger partial charge on any atom is 0.251 e. The van der Waals surface area contributed by atoms with Gasteiger partial charge in [-0.2, -0.15) is 0 Å². The summed E-state index contributed by atoms with van der Waals surface area (Å²) in [7, 11) is -2.61. The Morgan fingerprint density at radius 1 is 1.43 bits per heavy atom. The summed E-state index contributed by atoms with van der Waals surface area (Å²) in [6, 6.07) is 1.76. The van der Waals surface area contributed by atoms with Crippen LogP contribution in [-0.2, 0) is 14.8 Å². The molecule has 3 N–H and O–H groups in total. The van der Waals surface area contributed by atoms with E-state index in [9.17, 15) is 17.6 Å². The summed E-state index contributed by atoms with van der Waals surface area (Å²) in [5.41, 5.74) is -0.572. The van der Waals surface area contributed by atoms with Crippen molar-refractivity contribution in [3.63, 3.8) is 0 Å². The molecule has 0 atom stereocenters. The monoisotopic (exact) mass is 318 g/mol. The number of hydrogen-bond donors (Lipinski definition) is 2. The van der Waals surface area contributed by atoms with Crippen LogP contribution < -0.4 is 10.5 Å². The molecule has 0 aliphatic carbocycles. The molecule has 0 bridgehead atoms. The number of benzene rings is 1. The molecule has 6 nitrogen and oxygen atoms in total. The van der Waals surface area contributed by atoms with E-state index in [0.29, 0.717) is 0 Å². The lowest BCUT2D eigenvalue weighted by Gasteiger charge is -2.23. The van der Waals surface area contributed by atoms with Crippen molar-refractivity contribution in [3.05, 3.63) is 29.1 Å². The molecule has 8 heteroatoms. The van der Waals surface area contributed by atoms with Crippen LogP contribution in [0.4, 0.5) is 4.39 Å². The minimum atomic E-state index is -4.10. The highest BCUT2D eigenvalue weighted by Crippen LogP contribution is 2.20. The molecule has 1 aromatic carbocycles. The Morgan fingerprint density at radius 2 is 2.00 bits per heavy atom. The Balaban J connectivity index is 3.14. The molecular formula is C13H19FN2O4S. The maximum absolute atomic E-state index is 13.5. The summed E-state index contributed by atoms with van der Waals surface area (Å²) in [4.78, 5) is 11.7. The SMILES string of the molecule is COC(C)(C)CNC(=O)c1cc(F)cc(S(N)(=O)=O)c1C. The molecule has 0 aliphatic heterocycles. The fourth-order valence-electron chi connectivity index (χ4n) is 1.65. The Labute approximate surface area is 123 Å². The van der Waals surface area contributed by atoms with Crippen molar-refractivity contribution in [1.82, 2.24) is 5.32 Å². The van der Waals surface area contributed by atoms with E-state index in [2.05, 4.69) is 5.32 Å². The second kappa shape index (κ2) is 6.08. The molecule has 0 unspecified atom stereocenters. The van der Waals surface area contributed by atoms with Crippen LogP contribution in [-0.4, -0.2) is 33.6 Å². The van der Waals surface area contributed by atoms with Gasteiger partial charge in [0.15, 0.2) is 0 Å². The van der Waals surface area contributed by atoms with Crippen molar-refractivity contribution in [2.75, 3.05) is 13.7 Å². The van der Waals surface area contributed by atoms with Crippen LogP contribution in [0.5, 0.6) is 0 Å². The molecule has 0 radical (unpaired) electrons. The van der Waals surface area contributed by atoms with Gasteiger partial charge >= 0.3 is 0 Å². The van der Waals surface area contributed by atoms with Gasteiger partial charge in [-0.1, -0.05) is 0 Å². The molecule has 21 heavy (non-hydrogen) atoms. The summed E-state index contributed by atoms with van der Waals surface area (Å²) in [6.45, 7) is 5.11. The fraction of sp³-hybridized carbons (Fsp3) is 0.462. The minimum Gasteiger partial charge on any atom is -0.377 e. The van der Waals surface area contributed by atoms with E-state index in [1.165, 1.54) is 14.0 Å². The van der Waals surface area contributed by atoms with Crippen LogP contribution >= 0.6 is 0 Å². The van der Waals surface area contributed by atoms with Crippen molar-refractivity contribution < 1.29 is 22.3 Å². The zero-order valence-electron chi connectivity index (χ0n) is 12.4. The van der Waals surface area contributed by atoms with Crippen LogP contribution in [0, 0.1) is 12.7 Å². The number of nitrogens with one attached hydrogen (secondary N) is 1. The van der Waals surface area contributed by atoms with E-state index in [-0.39, 0.29) is 17.7 Å². The molecule has 118 valence electrons. The molecule has 0 saturated heterocycles. The second-order valence-corrected chi connectivity index (χ2v) is 6.80. The highest BCUT2D eigenvalue weighted by Gasteiger charge is 2.22. The number of amides is 1. The minimum absolute atomic E-state index is 0.0778. The van der Waals surface area contributed by atoms with Gasteiger partial charge in [0.2, 0.25) is 10.0 Å². The number of methoxy groups -OCH3 is 1. The molecule has 0 aromatic heterocycles. The van der Waals surface area contributed by atoms with Gasteiger partial charge in [0.1, 0.15) is 5.82 Å². The third-order valence-electron chi connectivity index (χ3n) is 3.10. The summed E-state index contributed by atoms with van der Waals surface area (Å²) in [6.07, 6.45) is 0. The van der Waals surface area contributed by atoms with Gasteiger partial charge in [-0.3, -0.25) is 4.79 Å². The Kier molecular flexibility index (Phi) is 5.08. The predicted molar refractivity (Wildman–Crippen MR) is 75.9 cm³/mol. The third-order valence-corrected chi connectivity index (χ3v) is 4.14. The number of carbonyl (C=O) groups excluding carboxylic acids is 1. The standard InChI is InChI=1S/C13H19FN2O4S/c1-8-10(12(17)16-7-13(2,3)20-4)5-9(14)6-11(8)21(15,18)19/h5-6H,7H2,1-4H3,(H,16,17)(H2,15,18,19). The van der Waals surface area contributed by atoms with Crippen LogP contribution in [0.1, 0.15) is 29.8 Å². The third kappa shape index (κ3) is 4.48. The zero-order valence-corrected chi connectivity index (χ0v) is 13.2. The molecule has 0 fully saturated rings. The fourth-order valence-corrected chi connectivity index (χ4v) is 2.46.